The van der Waals surface area contributed by atoms with Gasteiger partial charge in [0.25, 0.3) is 0 Å². The van der Waals surface area contributed by atoms with Gasteiger partial charge in [0.1, 0.15) is 0 Å². The summed E-state index contributed by atoms with van der Waals surface area (Å²) in [4.78, 5) is 10.2. The van der Waals surface area contributed by atoms with Gasteiger partial charge in [0, 0.05) is 55.2 Å². The smallest absolute Gasteiger partial charge is 0.160 e. The Labute approximate surface area is 295 Å². The van der Waals surface area contributed by atoms with Crippen molar-refractivity contribution in [3.8, 4) is 45.3 Å². The van der Waals surface area contributed by atoms with Crippen LogP contribution in [0.5, 0.6) is 0 Å². The van der Waals surface area contributed by atoms with E-state index in [-0.39, 0.29) is 0 Å². The van der Waals surface area contributed by atoms with Crippen LogP contribution in [-0.2, 0) is 0 Å². The van der Waals surface area contributed by atoms with E-state index in [1.54, 1.807) is 0 Å². The van der Waals surface area contributed by atoms with Crippen LogP contribution in [0, 0.1) is 6.92 Å². The molecule has 0 aliphatic heterocycles. The Morgan fingerprint density at radius 1 is 0.353 bits per heavy atom. The van der Waals surface area contributed by atoms with Gasteiger partial charge in [-0.3, -0.25) is 0 Å². The molecule has 0 atom stereocenters. The standard InChI is InChI=1S/C47H32N4/c1-31-45(32-14-4-2-5-15-32)48-47(34-16-6-3-7-17-34)49-46(31)33-24-26-35(27-25-33)50-43-23-13-10-20-39(43)40-30-36(28-29-44(40)50)51-41-21-11-8-18-37(41)38-19-9-12-22-42(38)51/h2-30H,1H3. The van der Waals surface area contributed by atoms with Crippen LogP contribution in [0.3, 0.4) is 0 Å². The zero-order chi connectivity index (χ0) is 33.9. The molecule has 51 heavy (non-hydrogen) atoms. The zero-order valence-electron chi connectivity index (χ0n) is 28.0. The maximum absolute atomic E-state index is 5.15. The van der Waals surface area contributed by atoms with E-state index in [9.17, 15) is 0 Å². The van der Waals surface area contributed by atoms with Gasteiger partial charge in [-0.2, -0.15) is 0 Å². The highest BCUT2D eigenvalue weighted by Crippen LogP contribution is 2.38. The lowest BCUT2D eigenvalue weighted by atomic mass is 10.0. The summed E-state index contributed by atoms with van der Waals surface area (Å²) in [6, 6.07) is 62.4. The normalized spacial score (nSPS) is 11.6. The van der Waals surface area contributed by atoms with Crippen LogP contribution >= 0.6 is 0 Å². The molecule has 0 saturated heterocycles. The molecule has 0 aliphatic carbocycles. The second-order valence-electron chi connectivity index (χ2n) is 13.1. The van der Waals surface area contributed by atoms with Gasteiger partial charge >= 0.3 is 0 Å². The molecule has 0 unspecified atom stereocenters. The monoisotopic (exact) mass is 652 g/mol. The number of nitrogens with zero attached hydrogens (tertiary/aromatic N) is 4. The first-order chi connectivity index (χ1) is 25.2. The van der Waals surface area contributed by atoms with Gasteiger partial charge < -0.3 is 9.13 Å². The molecule has 0 aliphatic rings. The van der Waals surface area contributed by atoms with E-state index in [2.05, 4.69) is 168 Å². The Hall–Kier alpha value is -6.78. The van der Waals surface area contributed by atoms with Crippen LogP contribution in [-0.4, -0.2) is 19.1 Å². The first kappa shape index (κ1) is 29.2. The van der Waals surface area contributed by atoms with Crippen LogP contribution in [0.4, 0.5) is 0 Å². The summed E-state index contributed by atoms with van der Waals surface area (Å²) in [5, 5.41) is 4.98. The Kier molecular flexibility index (Phi) is 6.68. The molecule has 0 amide bonds. The Morgan fingerprint density at radius 2 is 0.765 bits per heavy atom. The lowest BCUT2D eigenvalue weighted by Crippen LogP contribution is -2.00. The van der Waals surface area contributed by atoms with Crippen molar-refractivity contribution in [2.24, 2.45) is 0 Å². The maximum Gasteiger partial charge on any atom is 0.160 e. The fraction of sp³-hybridized carbons (Fsp3) is 0.0213. The van der Waals surface area contributed by atoms with Gasteiger partial charge in [0.15, 0.2) is 5.82 Å². The van der Waals surface area contributed by atoms with Crippen LogP contribution in [0.25, 0.3) is 88.9 Å². The van der Waals surface area contributed by atoms with Crippen molar-refractivity contribution in [3.63, 3.8) is 0 Å². The molecular weight excluding hydrogens is 621 g/mol. The molecule has 4 nitrogen and oxygen atoms in total. The Balaban J connectivity index is 1.12. The summed E-state index contributed by atoms with van der Waals surface area (Å²) >= 11 is 0. The lowest BCUT2D eigenvalue weighted by Gasteiger charge is -2.14. The van der Waals surface area contributed by atoms with Crippen molar-refractivity contribution in [1.82, 2.24) is 19.1 Å². The third-order valence-corrected chi connectivity index (χ3v) is 10.1. The number of fused-ring (bicyclic) bond motifs is 6. The van der Waals surface area contributed by atoms with Gasteiger partial charge in [-0.05, 0) is 55.5 Å². The zero-order valence-corrected chi connectivity index (χ0v) is 28.0. The largest absolute Gasteiger partial charge is 0.309 e. The molecule has 3 heterocycles. The SMILES string of the molecule is Cc1c(-c2ccccc2)nc(-c2ccccc2)nc1-c1ccc(-n2c3ccccc3c3cc(-n4c5ccccc5c5ccccc54)ccc32)cc1. The second-order valence-corrected chi connectivity index (χ2v) is 13.1. The molecule has 0 spiro atoms. The molecule has 0 saturated carbocycles. The van der Waals surface area contributed by atoms with Crippen molar-refractivity contribution in [1.29, 1.82) is 0 Å². The molecule has 240 valence electrons. The van der Waals surface area contributed by atoms with E-state index in [1.165, 1.54) is 43.6 Å². The number of aromatic nitrogens is 4. The Morgan fingerprint density at radius 3 is 1.33 bits per heavy atom. The minimum Gasteiger partial charge on any atom is -0.309 e. The third kappa shape index (κ3) is 4.68. The van der Waals surface area contributed by atoms with E-state index >= 15 is 0 Å². The van der Waals surface area contributed by atoms with Gasteiger partial charge in [-0.25, -0.2) is 9.97 Å². The summed E-state index contributed by atoms with van der Waals surface area (Å²) in [6.45, 7) is 2.13. The Bertz CT molecular complexity index is 2850. The molecular formula is C47H32N4. The molecule has 4 heteroatoms. The van der Waals surface area contributed by atoms with Crippen molar-refractivity contribution in [2.75, 3.05) is 0 Å². The van der Waals surface area contributed by atoms with Crippen LogP contribution in [0.15, 0.2) is 176 Å². The average molecular weight is 653 g/mol. The first-order valence-electron chi connectivity index (χ1n) is 17.3. The fourth-order valence-corrected chi connectivity index (χ4v) is 7.74. The van der Waals surface area contributed by atoms with Crippen molar-refractivity contribution in [3.05, 3.63) is 181 Å². The highest BCUT2D eigenvalue weighted by atomic mass is 15.0. The van der Waals surface area contributed by atoms with E-state index in [0.717, 1.165) is 50.8 Å². The quantitative estimate of drug-likeness (QED) is 0.185. The van der Waals surface area contributed by atoms with Crippen molar-refractivity contribution >= 4 is 43.6 Å². The topological polar surface area (TPSA) is 35.6 Å². The van der Waals surface area contributed by atoms with Gasteiger partial charge in [-0.15, -0.1) is 0 Å². The van der Waals surface area contributed by atoms with Crippen LogP contribution < -0.4 is 0 Å². The summed E-state index contributed by atoms with van der Waals surface area (Å²) in [6.07, 6.45) is 0. The van der Waals surface area contributed by atoms with Gasteiger partial charge in [-0.1, -0.05) is 127 Å². The maximum atomic E-state index is 5.15. The summed E-state index contributed by atoms with van der Waals surface area (Å²) in [5.74, 6) is 0.723. The lowest BCUT2D eigenvalue weighted by molar-refractivity contribution is 1.14. The second kappa shape index (κ2) is 11.7. The van der Waals surface area contributed by atoms with Crippen molar-refractivity contribution in [2.45, 2.75) is 6.92 Å². The molecule has 0 radical (unpaired) electrons. The molecule has 10 rings (SSSR count). The van der Waals surface area contributed by atoms with Crippen LogP contribution in [0.2, 0.25) is 0 Å². The molecule has 0 bridgehead atoms. The minimum atomic E-state index is 0.723. The molecule has 10 aromatic rings. The average Bonchev–Trinajstić information content (AvgIpc) is 3.71. The summed E-state index contributed by atoms with van der Waals surface area (Å²) < 4.78 is 4.77. The first-order valence-corrected chi connectivity index (χ1v) is 17.3. The highest BCUT2D eigenvalue weighted by Gasteiger charge is 2.18. The number of benzene rings is 7. The minimum absolute atomic E-state index is 0.723. The predicted molar refractivity (Wildman–Crippen MR) is 212 cm³/mol. The summed E-state index contributed by atoms with van der Waals surface area (Å²) in [7, 11) is 0. The highest BCUT2D eigenvalue weighted by molar-refractivity contribution is 6.12. The fourth-order valence-electron chi connectivity index (χ4n) is 7.74. The van der Waals surface area contributed by atoms with Crippen LogP contribution in [0.1, 0.15) is 5.56 Å². The predicted octanol–water partition coefficient (Wildman–Crippen LogP) is 12.0. The third-order valence-electron chi connectivity index (χ3n) is 10.1. The number of hydrogen-bond donors (Lipinski definition) is 0. The van der Waals surface area contributed by atoms with E-state index in [0.29, 0.717) is 0 Å². The molecule has 7 aromatic carbocycles. The number of para-hydroxylation sites is 3. The molecule has 0 N–H and O–H groups in total. The number of rotatable bonds is 5. The van der Waals surface area contributed by atoms with E-state index < -0.39 is 0 Å². The summed E-state index contributed by atoms with van der Waals surface area (Å²) in [5.41, 5.74) is 13.1. The molecule has 0 fully saturated rings. The van der Waals surface area contributed by atoms with Gasteiger partial charge in [0.05, 0.1) is 33.5 Å². The van der Waals surface area contributed by atoms with E-state index in [1.807, 2.05) is 24.3 Å². The number of hydrogen-bond acceptors (Lipinski definition) is 2. The van der Waals surface area contributed by atoms with E-state index in [4.69, 9.17) is 9.97 Å². The van der Waals surface area contributed by atoms with Crippen molar-refractivity contribution < 1.29 is 0 Å². The molecule has 3 aromatic heterocycles. The van der Waals surface area contributed by atoms with Gasteiger partial charge in [0.2, 0.25) is 0 Å².